The molecule has 0 bridgehead atoms. The maximum Gasteiger partial charge on any atom is 0.127 e. The maximum absolute atomic E-state index is 13.8. The summed E-state index contributed by atoms with van der Waals surface area (Å²) in [6, 6.07) is 7.48. The molecule has 0 aliphatic heterocycles. The molecule has 0 aromatic heterocycles. The smallest absolute Gasteiger partial charge is 0.127 e. The van der Waals surface area contributed by atoms with Crippen molar-refractivity contribution in [2.45, 2.75) is 18.2 Å². The number of rotatable bonds is 3. The molecule has 0 aliphatic rings. The van der Waals surface area contributed by atoms with E-state index in [1.807, 2.05) is 0 Å². The van der Waals surface area contributed by atoms with Gasteiger partial charge in [-0.3, -0.25) is 0 Å². The van der Waals surface area contributed by atoms with Crippen molar-refractivity contribution in [1.29, 1.82) is 0 Å². The minimum Gasteiger partial charge on any atom is -0.207 e. The minimum absolute atomic E-state index is 0.247. The second-order valence-electron chi connectivity index (χ2n) is 4.49. The molecule has 0 saturated heterocycles. The monoisotopic (exact) mass is 378 g/mol. The SMILES string of the molecule is Cc1cc(C(Br)Cc2c(F)cccc2Cl)c(Cl)cc1F. The van der Waals surface area contributed by atoms with Crippen LogP contribution in [0.2, 0.25) is 10.0 Å². The van der Waals surface area contributed by atoms with Crippen molar-refractivity contribution in [1.82, 2.24) is 0 Å². The van der Waals surface area contributed by atoms with Crippen LogP contribution in [0.1, 0.15) is 21.5 Å². The second-order valence-corrected chi connectivity index (χ2v) is 6.41. The van der Waals surface area contributed by atoms with Crippen molar-refractivity contribution in [3.63, 3.8) is 0 Å². The van der Waals surface area contributed by atoms with Crippen LogP contribution in [0.3, 0.4) is 0 Å². The van der Waals surface area contributed by atoms with Gasteiger partial charge in [-0.05, 0) is 42.7 Å². The van der Waals surface area contributed by atoms with Gasteiger partial charge in [-0.25, -0.2) is 8.78 Å². The fourth-order valence-corrected chi connectivity index (χ4v) is 3.29. The molecule has 1 atom stereocenters. The van der Waals surface area contributed by atoms with Gasteiger partial charge in [-0.15, -0.1) is 0 Å². The Morgan fingerprint density at radius 1 is 1.10 bits per heavy atom. The lowest BCUT2D eigenvalue weighted by Gasteiger charge is -2.15. The van der Waals surface area contributed by atoms with E-state index < -0.39 is 0 Å². The van der Waals surface area contributed by atoms with E-state index in [4.69, 9.17) is 23.2 Å². The maximum atomic E-state index is 13.8. The topological polar surface area (TPSA) is 0 Å². The van der Waals surface area contributed by atoms with E-state index in [0.29, 0.717) is 33.2 Å². The molecular formula is C15H11BrCl2F2. The summed E-state index contributed by atoms with van der Waals surface area (Å²) in [5, 5.41) is 0.673. The van der Waals surface area contributed by atoms with E-state index in [-0.39, 0.29) is 16.5 Å². The molecule has 1 unspecified atom stereocenters. The van der Waals surface area contributed by atoms with E-state index >= 15 is 0 Å². The highest BCUT2D eigenvalue weighted by atomic mass is 79.9. The van der Waals surface area contributed by atoms with Gasteiger partial charge in [0.15, 0.2) is 0 Å². The Bertz CT molecular complexity index is 624. The normalized spacial score (nSPS) is 12.5. The van der Waals surface area contributed by atoms with Crippen LogP contribution in [0, 0.1) is 18.6 Å². The van der Waals surface area contributed by atoms with E-state index in [1.54, 1.807) is 25.1 Å². The summed E-state index contributed by atoms with van der Waals surface area (Å²) in [6.45, 7) is 1.66. The molecule has 0 amide bonds. The van der Waals surface area contributed by atoms with Gasteiger partial charge in [0.2, 0.25) is 0 Å². The molecule has 0 spiro atoms. The summed E-state index contributed by atoms with van der Waals surface area (Å²) in [4.78, 5) is -0.247. The number of hydrogen-bond acceptors (Lipinski definition) is 0. The van der Waals surface area contributed by atoms with Gasteiger partial charge in [0, 0.05) is 20.4 Å². The summed E-state index contributed by atoms with van der Waals surface area (Å²) in [7, 11) is 0. The molecule has 20 heavy (non-hydrogen) atoms. The Morgan fingerprint density at radius 2 is 1.80 bits per heavy atom. The predicted octanol–water partition coefficient (Wildman–Crippen LogP) is 6.26. The Hall–Kier alpha value is -0.640. The zero-order chi connectivity index (χ0) is 14.9. The quantitative estimate of drug-likeness (QED) is 0.552. The van der Waals surface area contributed by atoms with Crippen LogP contribution in [0.5, 0.6) is 0 Å². The summed E-state index contributed by atoms with van der Waals surface area (Å²) in [5.74, 6) is -0.723. The van der Waals surface area contributed by atoms with E-state index in [9.17, 15) is 8.78 Å². The summed E-state index contributed by atoms with van der Waals surface area (Å²) in [6.07, 6.45) is 0.330. The zero-order valence-electron chi connectivity index (χ0n) is 10.6. The molecular weight excluding hydrogens is 369 g/mol. The lowest BCUT2D eigenvalue weighted by atomic mass is 10.0. The van der Waals surface area contributed by atoms with Crippen LogP contribution in [0.4, 0.5) is 8.78 Å². The summed E-state index contributed by atoms with van der Waals surface area (Å²) in [5.41, 5.74) is 1.62. The molecule has 0 saturated carbocycles. The number of alkyl halides is 1. The summed E-state index contributed by atoms with van der Waals surface area (Å²) < 4.78 is 27.2. The van der Waals surface area contributed by atoms with E-state index in [0.717, 1.165) is 0 Å². The highest BCUT2D eigenvalue weighted by Crippen LogP contribution is 2.35. The fraction of sp³-hybridized carbons (Fsp3) is 0.200. The second kappa shape index (κ2) is 6.42. The number of halogens is 5. The van der Waals surface area contributed by atoms with Gasteiger partial charge >= 0.3 is 0 Å². The van der Waals surface area contributed by atoms with Crippen LogP contribution >= 0.6 is 39.1 Å². The average molecular weight is 380 g/mol. The molecule has 2 aromatic rings. The van der Waals surface area contributed by atoms with Gasteiger partial charge in [-0.2, -0.15) is 0 Å². The molecule has 0 fully saturated rings. The first kappa shape index (κ1) is 15.7. The Kier molecular flexibility index (Phi) is 5.05. The molecule has 0 aliphatic carbocycles. The predicted molar refractivity (Wildman–Crippen MR) is 82.9 cm³/mol. The van der Waals surface area contributed by atoms with Gasteiger partial charge in [-0.1, -0.05) is 51.3 Å². The first-order chi connectivity index (χ1) is 9.40. The molecule has 5 heteroatoms. The van der Waals surface area contributed by atoms with Crippen LogP contribution in [0.15, 0.2) is 30.3 Å². The van der Waals surface area contributed by atoms with Crippen molar-refractivity contribution in [3.8, 4) is 0 Å². The molecule has 0 radical (unpaired) electrons. The van der Waals surface area contributed by atoms with Gasteiger partial charge in [0.05, 0.1) is 0 Å². The summed E-state index contributed by atoms with van der Waals surface area (Å²) >= 11 is 15.5. The Labute approximate surface area is 134 Å². The highest BCUT2D eigenvalue weighted by molar-refractivity contribution is 9.09. The lowest BCUT2D eigenvalue weighted by Crippen LogP contribution is -2.01. The molecule has 0 heterocycles. The van der Waals surface area contributed by atoms with Gasteiger partial charge in [0.1, 0.15) is 11.6 Å². The molecule has 0 N–H and O–H groups in total. The van der Waals surface area contributed by atoms with E-state index in [2.05, 4.69) is 15.9 Å². The Balaban J connectivity index is 2.33. The van der Waals surface area contributed by atoms with Crippen LogP contribution in [-0.2, 0) is 6.42 Å². The fourth-order valence-electron chi connectivity index (χ4n) is 1.94. The average Bonchev–Trinajstić information content (AvgIpc) is 2.38. The van der Waals surface area contributed by atoms with Crippen molar-refractivity contribution < 1.29 is 8.78 Å². The van der Waals surface area contributed by atoms with Crippen molar-refractivity contribution in [2.75, 3.05) is 0 Å². The first-order valence-corrected chi connectivity index (χ1v) is 7.59. The zero-order valence-corrected chi connectivity index (χ0v) is 13.7. The number of hydrogen-bond donors (Lipinski definition) is 0. The standard InChI is InChI=1S/C15H11BrCl2F2/c1-8-5-9(13(18)7-15(8)20)11(16)6-10-12(17)3-2-4-14(10)19/h2-5,7,11H,6H2,1H3. The largest absolute Gasteiger partial charge is 0.207 e. The van der Waals surface area contributed by atoms with Gasteiger partial charge < -0.3 is 0 Å². The number of benzene rings is 2. The minimum atomic E-state index is -0.364. The van der Waals surface area contributed by atoms with Crippen LogP contribution in [-0.4, -0.2) is 0 Å². The molecule has 0 nitrogen and oxygen atoms in total. The third-order valence-electron chi connectivity index (χ3n) is 3.06. The number of aryl methyl sites for hydroxylation is 1. The van der Waals surface area contributed by atoms with Crippen molar-refractivity contribution in [2.24, 2.45) is 0 Å². The van der Waals surface area contributed by atoms with Crippen LogP contribution in [0.25, 0.3) is 0 Å². The van der Waals surface area contributed by atoms with Gasteiger partial charge in [0.25, 0.3) is 0 Å². The molecule has 2 aromatic carbocycles. The molecule has 106 valence electrons. The highest BCUT2D eigenvalue weighted by Gasteiger charge is 2.18. The lowest BCUT2D eigenvalue weighted by molar-refractivity contribution is 0.607. The third-order valence-corrected chi connectivity index (χ3v) is 4.56. The third kappa shape index (κ3) is 3.33. The van der Waals surface area contributed by atoms with E-state index in [1.165, 1.54) is 12.1 Å². The van der Waals surface area contributed by atoms with Crippen molar-refractivity contribution >= 4 is 39.1 Å². The first-order valence-electron chi connectivity index (χ1n) is 5.92. The Morgan fingerprint density at radius 3 is 2.45 bits per heavy atom. The van der Waals surface area contributed by atoms with Crippen molar-refractivity contribution in [3.05, 3.63) is 68.7 Å². The molecule has 2 rings (SSSR count). The van der Waals surface area contributed by atoms with Crippen LogP contribution < -0.4 is 0 Å².